The van der Waals surface area contributed by atoms with Crippen LogP contribution in [0.3, 0.4) is 0 Å². The van der Waals surface area contributed by atoms with Crippen molar-refractivity contribution in [3.05, 3.63) is 258 Å². The number of fused-ring (bicyclic) bond motifs is 12. The van der Waals surface area contributed by atoms with E-state index in [0.717, 1.165) is 17.1 Å². The van der Waals surface area contributed by atoms with Crippen molar-refractivity contribution in [2.24, 2.45) is 0 Å². The second kappa shape index (κ2) is 13.3. The molecule has 65 heavy (non-hydrogen) atoms. The van der Waals surface area contributed by atoms with Gasteiger partial charge < -0.3 is 4.90 Å². The van der Waals surface area contributed by atoms with Gasteiger partial charge in [0, 0.05) is 22.2 Å². The van der Waals surface area contributed by atoms with E-state index in [1.165, 1.54) is 110 Å². The largest absolute Gasteiger partial charge is 0.310 e. The highest BCUT2D eigenvalue weighted by atomic mass is 15.1. The molecule has 3 aliphatic rings. The molecule has 11 aromatic carbocycles. The first kappa shape index (κ1) is 36.5. The molecule has 11 aromatic rings. The van der Waals surface area contributed by atoms with Crippen molar-refractivity contribution in [2.75, 3.05) is 4.90 Å². The fourth-order valence-electron chi connectivity index (χ4n) is 12.4. The van der Waals surface area contributed by atoms with Gasteiger partial charge >= 0.3 is 0 Å². The summed E-state index contributed by atoms with van der Waals surface area (Å²) in [4.78, 5) is 2.53. The molecule has 0 saturated carbocycles. The van der Waals surface area contributed by atoms with Gasteiger partial charge in [0.1, 0.15) is 0 Å². The van der Waals surface area contributed by atoms with Crippen molar-refractivity contribution in [3.8, 4) is 44.5 Å². The highest BCUT2D eigenvalue weighted by molar-refractivity contribution is 6.14. The van der Waals surface area contributed by atoms with Gasteiger partial charge in [-0.05, 0) is 141 Å². The lowest BCUT2D eigenvalue weighted by Gasteiger charge is -2.46. The van der Waals surface area contributed by atoms with E-state index >= 15 is 0 Å². The summed E-state index contributed by atoms with van der Waals surface area (Å²) in [5.74, 6) is 0. The van der Waals surface area contributed by atoms with E-state index in [4.69, 9.17) is 0 Å². The molecule has 0 heterocycles. The molecule has 0 saturated heterocycles. The van der Waals surface area contributed by atoms with Crippen LogP contribution in [0.15, 0.2) is 224 Å². The van der Waals surface area contributed by atoms with Gasteiger partial charge in [0.25, 0.3) is 0 Å². The fraction of sp³-hybridized carbons (Fsp3) is 0.0625. The third kappa shape index (κ3) is 4.88. The first-order chi connectivity index (χ1) is 32.0. The summed E-state index contributed by atoms with van der Waals surface area (Å²) in [5.41, 5.74) is 21.0. The monoisotopic (exact) mass is 825 g/mol. The van der Waals surface area contributed by atoms with Crippen molar-refractivity contribution < 1.29 is 0 Å². The highest BCUT2D eigenvalue weighted by Crippen LogP contribution is 2.62. The number of anilines is 3. The third-order valence-electron chi connectivity index (χ3n) is 15.2. The van der Waals surface area contributed by atoms with Gasteiger partial charge in [0.2, 0.25) is 0 Å². The topological polar surface area (TPSA) is 3.24 Å². The zero-order valence-electron chi connectivity index (χ0n) is 36.3. The Labute approximate surface area is 379 Å². The molecule has 0 aromatic heterocycles. The fourth-order valence-corrected chi connectivity index (χ4v) is 12.4. The molecule has 304 valence electrons. The Hall–Kier alpha value is -8.00. The van der Waals surface area contributed by atoms with Crippen molar-refractivity contribution in [2.45, 2.75) is 24.7 Å². The predicted octanol–water partition coefficient (Wildman–Crippen LogP) is 16.9. The number of benzene rings is 11. The van der Waals surface area contributed by atoms with Crippen molar-refractivity contribution in [1.29, 1.82) is 0 Å². The van der Waals surface area contributed by atoms with Gasteiger partial charge in [-0.25, -0.2) is 0 Å². The van der Waals surface area contributed by atoms with Crippen molar-refractivity contribution in [3.63, 3.8) is 0 Å². The highest BCUT2D eigenvalue weighted by Gasteiger charge is 2.49. The van der Waals surface area contributed by atoms with E-state index in [9.17, 15) is 0 Å². The molecule has 1 spiro atoms. The van der Waals surface area contributed by atoms with Gasteiger partial charge in [0.05, 0.1) is 11.1 Å². The zero-order valence-corrected chi connectivity index (χ0v) is 36.3. The van der Waals surface area contributed by atoms with Crippen LogP contribution >= 0.6 is 0 Å². The van der Waals surface area contributed by atoms with Crippen LogP contribution in [0.2, 0.25) is 0 Å². The molecule has 0 amide bonds. The van der Waals surface area contributed by atoms with Gasteiger partial charge in [-0.2, -0.15) is 0 Å². The summed E-state index contributed by atoms with van der Waals surface area (Å²) in [7, 11) is 0. The molecule has 1 heteroatoms. The zero-order chi connectivity index (χ0) is 43.0. The minimum absolute atomic E-state index is 0.142. The van der Waals surface area contributed by atoms with Crippen LogP contribution in [-0.4, -0.2) is 0 Å². The summed E-state index contributed by atoms with van der Waals surface area (Å²) in [5, 5.41) is 7.59. The Morgan fingerprint density at radius 1 is 0.308 bits per heavy atom. The van der Waals surface area contributed by atoms with Crippen LogP contribution in [0.4, 0.5) is 17.1 Å². The lowest BCUT2D eigenvalue weighted by molar-refractivity contribution is 0.660. The van der Waals surface area contributed by atoms with E-state index in [2.05, 4.69) is 243 Å². The molecule has 0 fully saturated rings. The average Bonchev–Trinajstić information content (AvgIpc) is 3.59. The summed E-state index contributed by atoms with van der Waals surface area (Å²) in [6, 6.07) is 84.9. The van der Waals surface area contributed by atoms with E-state index in [1.807, 2.05) is 0 Å². The number of rotatable bonds is 4. The number of hydrogen-bond donors (Lipinski definition) is 0. The second-order valence-electron chi connectivity index (χ2n) is 18.8. The number of nitrogens with zero attached hydrogens (tertiary/aromatic N) is 1. The minimum atomic E-state index is -0.604. The van der Waals surface area contributed by atoms with E-state index < -0.39 is 5.41 Å². The molecule has 0 aliphatic heterocycles. The molecular formula is C64H43N. The van der Waals surface area contributed by atoms with Gasteiger partial charge in [-0.15, -0.1) is 0 Å². The van der Waals surface area contributed by atoms with Crippen LogP contribution < -0.4 is 4.90 Å². The Morgan fingerprint density at radius 3 is 1.71 bits per heavy atom. The summed E-state index contributed by atoms with van der Waals surface area (Å²) in [6.07, 6.45) is 0. The number of hydrogen-bond acceptors (Lipinski definition) is 1. The Kier molecular flexibility index (Phi) is 7.45. The standard InChI is InChI=1S/C64H43N/c1-63(2)54-25-10-8-21-47(54)49-34-32-46(39-58(49)63)65(45-31-29-41-17-6-7-18-43(41)37-45)60-36-35-52-48-22-9-11-26-55(48)64(57-28-14-24-53(60)62(52)57)56-27-13-20-42-19-12-23-51(61(42)56)50-33-30-44(38-59(50)64)40-15-4-3-5-16-40/h3-39H,1-2H3. The van der Waals surface area contributed by atoms with Crippen LogP contribution in [-0.2, 0) is 10.8 Å². The molecule has 0 radical (unpaired) electrons. The average molecular weight is 826 g/mol. The molecule has 1 nitrogen and oxygen atoms in total. The molecule has 1 unspecified atom stereocenters. The van der Waals surface area contributed by atoms with Crippen LogP contribution in [0.25, 0.3) is 76.8 Å². The van der Waals surface area contributed by atoms with E-state index in [-0.39, 0.29) is 5.41 Å². The molecule has 1 atom stereocenters. The third-order valence-corrected chi connectivity index (χ3v) is 15.2. The van der Waals surface area contributed by atoms with Crippen LogP contribution in [0, 0.1) is 0 Å². The first-order valence-electron chi connectivity index (χ1n) is 22.9. The van der Waals surface area contributed by atoms with Crippen molar-refractivity contribution in [1.82, 2.24) is 0 Å². The maximum absolute atomic E-state index is 2.53. The molecule has 3 aliphatic carbocycles. The molecule has 14 rings (SSSR count). The van der Waals surface area contributed by atoms with Crippen LogP contribution in [0.5, 0.6) is 0 Å². The Balaban J connectivity index is 1.09. The lowest BCUT2D eigenvalue weighted by atomic mass is 9.55. The summed E-state index contributed by atoms with van der Waals surface area (Å²) in [6.45, 7) is 4.76. The van der Waals surface area contributed by atoms with E-state index in [0.29, 0.717) is 0 Å². The Morgan fingerprint density at radius 2 is 0.862 bits per heavy atom. The quantitative estimate of drug-likeness (QED) is 0.171. The SMILES string of the molecule is CC1(C)c2ccccc2-c2ccc(N(c3ccc4ccccc4c3)c3ccc4c5c(cccc35)C3(c5cc(-c6ccccc6)ccc5-c5cccc6cccc3c56)c3ccccc3-4)cc21. The smallest absolute Gasteiger partial charge is 0.0726 e. The normalized spacial score (nSPS) is 15.7. The molecule has 0 bridgehead atoms. The lowest BCUT2D eigenvalue weighted by Crippen LogP contribution is -2.36. The molecule has 0 N–H and O–H groups in total. The Bertz CT molecular complexity index is 3810. The molecular weight excluding hydrogens is 783 g/mol. The van der Waals surface area contributed by atoms with E-state index in [1.54, 1.807) is 0 Å². The maximum Gasteiger partial charge on any atom is 0.0726 e. The first-order valence-corrected chi connectivity index (χ1v) is 22.9. The summed E-state index contributed by atoms with van der Waals surface area (Å²) >= 11 is 0. The van der Waals surface area contributed by atoms with Gasteiger partial charge in [0.15, 0.2) is 0 Å². The minimum Gasteiger partial charge on any atom is -0.310 e. The predicted molar refractivity (Wildman–Crippen MR) is 273 cm³/mol. The summed E-state index contributed by atoms with van der Waals surface area (Å²) < 4.78 is 0. The maximum atomic E-state index is 2.53. The van der Waals surface area contributed by atoms with Gasteiger partial charge in [-0.1, -0.05) is 202 Å². The van der Waals surface area contributed by atoms with Crippen molar-refractivity contribution >= 4 is 49.4 Å². The van der Waals surface area contributed by atoms with Gasteiger partial charge in [-0.3, -0.25) is 0 Å². The second-order valence-corrected chi connectivity index (χ2v) is 18.8. The van der Waals surface area contributed by atoms with Crippen LogP contribution in [0.1, 0.15) is 47.2 Å².